The normalized spacial score (nSPS) is 12.5. The second kappa shape index (κ2) is 10.2. The predicted octanol–water partition coefficient (Wildman–Crippen LogP) is 6.51. The van der Waals surface area contributed by atoms with Crippen LogP contribution in [0.25, 0.3) is 22.2 Å². The van der Waals surface area contributed by atoms with Crippen molar-refractivity contribution in [1.29, 1.82) is 0 Å². The number of nitrogens with two attached hydrogens (primary N) is 1. The number of anilines is 1. The molecule has 182 valence electrons. The number of hydrogen-bond donors (Lipinski definition) is 3. The number of amides is 1. The maximum Gasteiger partial charge on any atom is 0.573 e. The summed E-state index contributed by atoms with van der Waals surface area (Å²) < 4.78 is 41.9. The third-order valence-corrected chi connectivity index (χ3v) is 6.03. The molecule has 0 aliphatic carbocycles. The summed E-state index contributed by atoms with van der Waals surface area (Å²) in [5.74, 6) is -1.22. The van der Waals surface area contributed by atoms with Crippen LogP contribution >= 0.6 is 23.2 Å². The van der Waals surface area contributed by atoms with Crippen molar-refractivity contribution in [1.82, 2.24) is 10.2 Å². The van der Waals surface area contributed by atoms with E-state index in [4.69, 9.17) is 28.9 Å². The molecule has 1 amide bonds. The molecule has 6 nitrogen and oxygen atoms in total. The topological polar surface area (TPSA) is 93.0 Å². The molecule has 4 aromatic rings. The fourth-order valence-electron chi connectivity index (χ4n) is 3.73. The highest BCUT2D eigenvalue weighted by atomic mass is 35.5. The van der Waals surface area contributed by atoms with E-state index in [1.807, 2.05) is 0 Å². The van der Waals surface area contributed by atoms with Crippen LogP contribution in [0.2, 0.25) is 10.0 Å². The number of H-pyrrole nitrogens is 1. The van der Waals surface area contributed by atoms with Gasteiger partial charge in [-0.25, -0.2) is 0 Å². The van der Waals surface area contributed by atoms with Crippen LogP contribution in [0.4, 0.5) is 18.9 Å². The molecule has 1 unspecified atom stereocenters. The molecule has 0 spiro atoms. The van der Waals surface area contributed by atoms with Crippen LogP contribution in [0, 0.1) is 0 Å². The molecule has 0 saturated carbocycles. The zero-order valence-corrected chi connectivity index (χ0v) is 19.5. The smallest absolute Gasteiger partial charge is 0.406 e. The van der Waals surface area contributed by atoms with Crippen LogP contribution in [0.15, 0.2) is 60.7 Å². The summed E-state index contributed by atoms with van der Waals surface area (Å²) in [6.45, 7) is 0.277. The minimum atomic E-state index is -4.81. The summed E-state index contributed by atoms with van der Waals surface area (Å²) in [6.07, 6.45) is -4.42. The lowest BCUT2D eigenvalue weighted by molar-refractivity contribution is -0.274. The summed E-state index contributed by atoms with van der Waals surface area (Å²) in [5, 5.41) is 11.3. The van der Waals surface area contributed by atoms with Crippen LogP contribution in [0.1, 0.15) is 17.9 Å². The van der Waals surface area contributed by atoms with Crippen molar-refractivity contribution in [2.45, 2.75) is 18.7 Å². The number of aromatic nitrogens is 2. The van der Waals surface area contributed by atoms with Crippen LogP contribution in [-0.4, -0.2) is 29.0 Å². The molecule has 1 aromatic heterocycles. The van der Waals surface area contributed by atoms with Crippen molar-refractivity contribution < 1.29 is 22.7 Å². The first-order valence-electron chi connectivity index (χ1n) is 10.4. The summed E-state index contributed by atoms with van der Waals surface area (Å²) in [4.78, 5) is 13.1. The van der Waals surface area contributed by atoms with E-state index >= 15 is 0 Å². The van der Waals surface area contributed by atoms with E-state index in [2.05, 4.69) is 20.3 Å². The van der Waals surface area contributed by atoms with Crippen LogP contribution in [-0.2, 0) is 4.79 Å². The van der Waals surface area contributed by atoms with E-state index in [-0.39, 0.29) is 18.2 Å². The molecular weight excluding hydrogens is 504 g/mol. The van der Waals surface area contributed by atoms with Crippen molar-refractivity contribution in [3.8, 4) is 17.0 Å². The lowest BCUT2D eigenvalue weighted by Gasteiger charge is -2.17. The van der Waals surface area contributed by atoms with E-state index in [1.165, 1.54) is 18.2 Å². The number of rotatable bonds is 7. The number of hydrogen-bond acceptors (Lipinski definition) is 4. The third kappa shape index (κ3) is 5.87. The Morgan fingerprint density at radius 1 is 1.09 bits per heavy atom. The Balaban J connectivity index is 1.62. The number of fused-ring (bicyclic) bond motifs is 1. The molecule has 1 heterocycles. The third-order valence-electron chi connectivity index (χ3n) is 5.29. The Labute approximate surface area is 208 Å². The van der Waals surface area contributed by atoms with E-state index < -0.39 is 12.3 Å². The zero-order chi connectivity index (χ0) is 25.2. The van der Waals surface area contributed by atoms with Crippen molar-refractivity contribution in [3.05, 3.63) is 76.3 Å². The van der Waals surface area contributed by atoms with Gasteiger partial charge >= 0.3 is 6.36 Å². The second-order valence-corrected chi connectivity index (χ2v) is 8.52. The van der Waals surface area contributed by atoms with Crippen LogP contribution < -0.4 is 15.8 Å². The zero-order valence-electron chi connectivity index (χ0n) is 18.0. The second-order valence-electron chi connectivity index (χ2n) is 7.70. The quantitative estimate of drug-likeness (QED) is 0.258. The number of ether oxygens (including phenoxy) is 1. The van der Waals surface area contributed by atoms with E-state index in [9.17, 15) is 18.0 Å². The van der Waals surface area contributed by atoms with Gasteiger partial charge in [0.05, 0.1) is 21.5 Å². The number of alkyl halides is 3. The minimum absolute atomic E-state index is 0.277. The average molecular weight is 523 g/mol. The van der Waals surface area contributed by atoms with Crippen molar-refractivity contribution in [2.24, 2.45) is 5.73 Å². The first-order valence-corrected chi connectivity index (χ1v) is 11.2. The highest BCUT2D eigenvalue weighted by Gasteiger charge is 2.31. The summed E-state index contributed by atoms with van der Waals surface area (Å²) in [5.41, 5.74) is 8.35. The number of halogens is 5. The Kier molecular flexibility index (Phi) is 7.20. The highest BCUT2D eigenvalue weighted by Crippen LogP contribution is 2.33. The molecule has 0 radical (unpaired) electrons. The van der Waals surface area contributed by atoms with Gasteiger partial charge in [0.2, 0.25) is 5.91 Å². The largest absolute Gasteiger partial charge is 0.573 e. The molecule has 0 aliphatic heterocycles. The Hall–Kier alpha value is -3.27. The van der Waals surface area contributed by atoms with Crippen LogP contribution in [0.3, 0.4) is 0 Å². The van der Waals surface area contributed by atoms with Gasteiger partial charge in [0.25, 0.3) is 0 Å². The molecule has 3 aromatic carbocycles. The van der Waals surface area contributed by atoms with Crippen molar-refractivity contribution >= 4 is 45.7 Å². The van der Waals surface area contributed by atoms with Gasteiger partial charge in [0.15, 0.2) is 0 Å². The summed E-state index contributed by atoms with van der Waals surface area (Å²) >= 11 is 12.1. The number of nitrogens with zero attached hydrogens (tertiary/aromatic N) is 1. The molecule has 4 N–H and O–H groups in total. The Bertz CT molecular complexity index is 1370. The summed E-state index contributed by atoms with van der Waals surface area (Å²) in [6, 6.07) is 15.6. The van der Waals surface area contributed by atoms with Gasteiger partial charge in [-0.3, -0.25) is 9.89 Å². The van der Waals surface area contributed by atoms with Gasteiger partial charge in [-0.15, -0.1) is 13.2 Å². The number of carbonyl (C=O) groups excluding carboxylic acids is 1. The fourth-order valence-corrected chi connectivity index (χ4v) is 4.03. The molecule has 1 atom stereocenters. The van der Waals surface area contributed by atoms with Crippen molar-refractivity contribution in [3.63, 3.8) is 0 Å². The molecule has 0 fully saturated rings. The molecular formula is C24H19Cl2F3N4O2. The molecule has 4 rings (SSSR count). The van der Waals surface area contributed by atoms with Gasteiger partial charge in [-0.1, -0.05) is 41.4 Å². The summed E-state index contributed by atoms with van der Waals surface area (Å²) in [7, 11) is 0. The fraction of sp³-hybridized carbons (Fsp3) is 0.167. The Morgan fingerprint density at radius 2 is 1.89 bits per heavy atom. The Morgan fingerprint density at radius 3 is 2.60 bits per heavy atom. The van der Waals surface area contributed by atoms with Gasteiger partial charge < -0.3 is 15.8 Å². The van der Waals surface area contributed by atoms with Gasteiger partial charge in [0.1, 0.15) is 11.4 Å². The highest BCUT2D eigenvalue weighted by molar-refractivity contribution is 6.42. The lowest BCUT2D eigenvalue weighted by atomic mass is 9.94. The SMILES string of the molecule is NCCC(C(=O)Nc1ccc2[nH]nc(-c3cccc(OC(F)(F)F)c3)c2c1)c1ccc(Cl)c(Cl)c1. The minimum Gasteiger partial charge on any atom is -0.406 e. The average Bonchev–Trinajstić information content (AvgIpc) is 3.22. The van der Waals surface area contributed by atoms with E-state index in [0.29, 0.717) is 49.9 Å². The molecule has 0 aliphatic rings. The maximum atomic E-state index is 13.1. The van der Waals surface area contributed by atoms with Gasteiger partial charge in [0, 0.05) is 16.6 Å². The predicted molar refractivity (Wildman–Crippen MR) is 130 cm³/mol. The van der Waals surface area contributed by atoms with E-state index in [1.54, 1.807) is 42.5 Å². The number of aromatic amines is 1. The maximum absolute atomic E-state index is 13.1. The number of benzene rings is 3. The lowest BCUT2D eigenvalue weighted by Crippen LogP contribution is -2.23. The number of nitrogens with one attached hydrogen (secondary N) is 2. The standard InChI is InChI=1S/C24H19Cl2F3N4O2/c25-19-6-4-13(11-20(19)26)17(8-9-30)23(34)31-15-5-7-21-18(12-15)22(33-32-21)14-2-1-3-16(10-14)35-24(27,28)29/h1-7,10-12,17H,8-9,30H2,(H,31,34)(H,32,33). The molecule has 0 saturated heterocycles. The first-order chi connectivity index (χ1) is 16.6. The van der Waals surface area contributed by atoms with Crippen LogP contribution in [0.5, 0.6) is 5.75 Å². The molecule has 0 bridgehead atoms. The van der Waals surface area contributed by atoms with Crippen molar-refractivity contribution in [2.75, 3.05) is 11.9 Å². The van der Waals surface area contributed by atoms with Gasteiger partial charge in [-0.05, 0) is 61.0 Å². The molecule has 11 heteroatoms. The number of carbonyl (C=O) groups is 1. The van der Waals surface area contributed by atoms with E-state index in [0.717, 1.165) is 0 Å². The monoisotopic (exact) mass is 522 g/mol. The first kappa shape index (κ1) is 24.8. The van der Waals surface area contributed by atoms with Gasteiger partial charge in [-0.2, -0.15) is 5.10 Å². The molecule has 35 heavy (non-hydrogen) atoms.